The zero-order valence-electron chi connectivity index (χ0n) is 14.0. The standard InChI is InChI=1S/C18H13N3O6/c1-8(22)14-15(12-4-5-13(27-12)18(25)26)21(17(24)16(14)23)9-2-3-10-11(6-9)20-7-19-10/h2-7,15,23H,1H3,(H,19,20)(H,25,26). The molecule has 1 amide bonds. The molecule has 0 spiro atoms. The van der Waals surface area contributed by atoms with E-state index in [0.29, 0.717) is 16.7 Å². The third kappa shape index (κ3) is 2.48. The highest BCUT2D eigenvalue weighted by atomic mass is 16.4. The van der Waals surface area contributed by atoms with Gasteiger partial charge >= 0.3 is 5.97 Å². The molecular formula is C18H13N3O6. The highest BCUT2D eigenvalue weighted by molar-refractivity contribution is 6.16. The second-order valence-electron chi connectivity index (χ2n) is 6.01. The number of hydrogen-bond donors (Lipinski definition) is 3. The largest absolute Gasteiger partial charge is 0.503 e. The predicted molar refractivity (Wildman–Crippen MR) is 92.3 cm³/mol. The number of nitrogens with one attached hydrogen (secondary N) is 1. The van der Waals surface area contributed by atoms with Gasteiger partial charge in [0.25, 0.3) is 5.91 Å². The van der Waals surface area contributed by atoms with Gasteiger partial charge in [0.05, 0.1) is 22.9 Å². The van der Waals surface area contributed by atoms with Gasteiger partial charge in [-0.2, -0.15) is 0 Å². The van der Waals surface area contributed by atoms with E-state index in [9.17, 15) is 19.5 Å². The number of rotatable bonds is 4. The topological polar surface area (TPSA) is 137 Å². The average Bonchev–Trinajstić information content (AvgIpc) is 3.33. The van der Waals surface area contributed by atoms with Crippen molar-refractivity contribution < 1.29 is 29.0 Å². The minimum absolute atomic E-state index is 0.0553. The molecule has 27 heavy (non-hydrogen) atoms. The Hall–Kier alpha value is -3.88. The minimum Gasteiger partial charge on any atom is -0.503 e. The van der Waals surface area contributed by atoms with Crippen LogP contribution in [-0.2, 0) is 9.59 Å². The van der Waals surface area contributed by atoms with Crippen LogP contribution in [0.4, 0.5) is 5.69 Å². The van der Waals surface area contributed by atoms with Gasteiger partial charge in [-0.05, 0) is 37.3 Å². The molecule has 136 valence electrons. The van der Waals surface area contributed by atoms with Crippen LogP contribution in [0.3, 0.4) is 0 Å². The molecule has 3 heterocycles. The van der Waals surface area contributed by atoms with Crippen molar-refractivity contribution in [1.82, 2.24) is 9.97 Å². The predicted octanol–water partition coefficient (Wildman–Crippen LogP) is 2.34. The Bertz CT molecular complexity index is 1140. The molecule has 0 saturated heterocycles. The van der Waals surface area contributed by atoms with Gasteiger partial charge in [-0.3, -0.25) is 14.5 Å². The molecule has 9 nitrogen and oxygen atoms in total. The number of imidazole rings is 1. The molecule has 1 atom stereocenters. The first-order valence-corrected chi connectivity index (χ1v) is 7.92. The van der Waals surface area contributed by atoms with Crippen molar-refractivity contribution in [1.29, 1.82) is 0 Å². The first kappa shape index (κ1) is 16.6. The van der Waals surface area contributed by atoms with Crippen molar-refractivity contribution in [2.24, 2.45) is 0 Å². The zero-order chi connectivity index (χ0) is 19.3. The number of amides is 1. The first-order valence-electron chi connectivity index (χ1n) is 7.92. The van der Waals surface area contributed by atoms with Gasteiger partial charge in [0.15, 0.2) is 11.5 Å². The second kappa shape index (κ2) is 5.84. The number of carbonyl (C=O) groups is 3. The highest BCUT2D eigenvalue weighted by Crippen LogP contribution is 2.41. The lowest BCUT2D eigenvalue weighted by Gasteiger charge is -2.24. The Morgan fingerprint density at radius 2 is 2.04 bits per heavy atom. The van der Waals surface area contributed by atoms with Gasteiger partial charge in [0, 0.05) is 5.69 Å². The number of carboxylic acid groups (broad SMARTS) is 1. The summed E-state index contributed by atoms with van der Waals surface area (Å²) in [5.74, 6) is -3.56. The van der Waals surface area contributed by atoms with E-state index in [1.807, 2.05) is 0 Å². The van der Waals surface area contributed by atoms with Crippen LogP contribution in [0.2, 0.25) is 0 Å². The summed E-state index contributed by atoms with van der Waals surface area (Å²) in [7, 11) is 0. The zero-order valence-corrected chi connectivity index (χ0v) is 14.0. The number of benzene rings is 1. The van der Waals surface area contributed by atoms with E-state index in [0.717, 1.165) is 0 Å². The van der Waals surface area contributed by atoms with Gasteiger partial charge in [0.1, 0.15) is 11.8 Å². The van der Waals surface area contributed by atoms with Crippen molar-refractivity contribution in [2.75, 3.05) is 4.90 Å². The summed E-state index contributed by atoms with van der Waals surface area (Å²) in [5.41, 5.74) is 1.56. The van der Waals surface area contributed by atoms with Crippen molar-refractivity contribution in [3.05, 3.63) is 59.5 Å². The van der Waals surface area contributed by atoms with E-state index < -0.39 is 29.5 Å². The number of hydrogen-bond acceptors (Lipinski definition) is 6. The number of aromatic nitrogens is 2. The SMILES string of the molecule is CC(=O)C1=C(O)C(=O)N(c2ccc3nc[nH]c3c2)C1c1ccc(C(=O)O)o1. The Labute approximate surface area is 151 Å². The number of H-pyrrole nitrogens is 1. The molecule has 0 bridgehead atoms. The molecular weight excluding hydrogens is 354 g/mol. The molecule has 1 aromatic carbocycles. The summed E-state index contributed by atoms with van der Waals surface area (Å²) in [6.07, 6.45) is 1.50. The van der Waals surface area contributed by atoms with Crippen LogP contribution >= 0.6 is 0 Å². The quantitative estimate of drug-likeness (QED) is 0.643. The summed E-state index contributed by atoms with van der Waals surface area (Å²) < 4.78 is 5.32. The van der Waals surface area contributed by atoms with Crippen molar-refractivity contribution >= 4 is 34.4 Å². The van der Waals surface area contributed by atoms with E-state index >= 15 is 0 Å². The number of carboxylic acids is 1. The molecule has 3 N–H and O–H groups in total. The summed E-state index contributed by atoms with van der Waals surface area (Å²) >= 11 is 0. The Morgan fingerprint density at radius 3 is 2.70 bits per heavy atom. The number of carbonyl (C=O) groups excluding carboxylic acids is 2. The monoisotopic (exact) mass is 367 g/mol. The van der Waals surface area contributed by atoms with Crippen LogP contribution in [-0.4, -0.2) is 37.8 Å². The molecule has 0 fully saturated rings. The number of furan rings is 1. The third-order valence-electron chi connectivity index (χ3n) is 4.38. The highest BCUT2D eigenvalue weighted by Gasteiger charge is 2.45. The molecule has 1 unspecified atom stereocenters. The Kier molecular flexibility index (Phi) is 3.58. The fourth-order valence-electron chi connectivity index (χ4n) is 3.19. The number of nitrogens with zero attached hydrogens (tertiary/aromatic N) is 2. The third-order valence-corrected chi connectivity index (χ3v) is 4.38. The van der Waals surface area contributed by atoms with Crippen LogP contribution in [0.1, 0.15) is 29.3 Å². The second-order valence-corrected chi connectivity index (χ2v) is 6.01. The summed E-state index contributed by atoms with van der Waals surface area (Å²) in [4.78, 5) is 44.2. The number of aromatic carboxylic acids is 1. The molecule has 1 aliphatic rings. The van der Waals surface area contributed by atoms with Crippen molar-refractivity contribution in [3.63, 3.8) is 0 Å². The van der Waals surface area contributed by atoms with Crippen molar-refractivity contribution in [3.8, 4) is 0 Å². The van der Waals surface area contributed by atoms with Crippen molar-refractivity contribution in [2.45, 2.75) is 13.0 Å². The number of anilines is 1. The van der Waals surface area contributed by atoms with E-state index in [4.69, 9.17) is 9.52 Å². The molecule has 0 aliphatic carbocycles. The van der Waals surface area contributed by atoms with Gasteiger partial charge in [-0.1, -0.05) is 0 Å². The molecule has 0 radical (unpaired) electrons. The number of Topliss-reactive ketones (excluding diaryl/α,β-unsaturated/α-hetero) is 1. The Balaban J connectivity index is 1.88. The summed E-state index contributed by atoms with van der Waals surface area (Å²) in [6.45, 7) is 1.22. The molecule has 0 saturated carbocycles. The summed E-state index contributed by atoms with van der Waals surface area (Å²) in [5, 5.41) is 19.4. The van der Waals surface area contributed by atoms with Gasteiger partial charge in [-0.25, -0.2) is 9.78 Å². The summed E-state index contributed by atoms with van der Waals surface area (Å²) in [6, 6.07) is 6.45. The lowest BCUT2D eigenvalue weighted by Crippen LogP contribution is -2.30. The maximum absolute atomic E-state index is 12.7. The molecule has 3 aromatic rings. The van der Waals surface area contributed by atoms with Gasteiger partial charge in [0.2, 0.25) is 5.76 Å². The number of aliphatic hydroxyl groups excluding tert-OH is 1. The van der Waals surface area contributed by atoms with E-state index in [2.05, 4.69) is 9.97 Å². The molecule has 2 aromatic heterocycles. The van der Waals surface area contributed by atoms with Gasteiger partial charge < -0.3 is 19.6 Å². The van der Waals surface area contributed by atoms with Crippen LogP contribution in [0.25, 0.3) is 11.0 Å². The molecule has 4 rings (SSSR count). The lowest BCUT2D eigenvalue weighted by molar-refractivity contribution is -0.117. The van der Waals surface area contributed by atoms with E-state index in [1.165, 1.54) is 30.3 Å². The van der Waals surface area contributed by atoms with Crippen LogP contribution in [0.15, 0.2) is 52.4 Å². The first-order chi connectivity index (χ1) is 12.9. The maximum Gasteiger partial charge on any atom is 0.371 e. The number of ketones is 1. The maximum atomic E-state index is 12.7. The minimum atomic E-state index is -1.28. The van der Waals surface area contributed by atoms with Gasteiger partial charge in [-0.15, -0.1) is 0 Å². The van der Waals surface area contributed by atoms with Crippen LogP contribution in [0, 0.1) is 0 Å². The molecule has 9 heteroatoms. The van der Waals surface area contributed by atoms with E-state index in [1.54, 1.807) is 18.2 Å². The van der Waals surface area contributed by atoms with E-state index in [-0.39, 0.29) is 17.1 Å². The van der Waals surface area contributed by atoms with Crippen LogP contribution in [0.5, 0.6) is 0 Å². The number of aliphatic hydroxyl groups is 1. The smallest absolute Gasteiger partial charge is 0.371 e. The number of aromatic amines is 1. The lowest BCUT2D eigenvalue weighted by atomic mass is 10.0. The molecule has 1 aliphatic heterocycles. The van der Waals surface area contributed by atoms with Crippen LogP contribution < -0.4 is 4.90 Å². The number of fused-ring (bicyclic) bond motifs is 1. The fourth-order valence-corrected chi connectivity index (χ4v) is 3.19. The average molecular weight is 367 g/mol. The normalized spacial score (nSPS) is 17.1. The Morgan fingerprint density at radius 1 is 1.26 bits per heavy atom. The fraction of sp³-hybridized carbons (Fsp3) is 0.111.